The Labute approximate surface area is 197 Å². The zero-order valence-corrected chi connectivity index (χ0v) is 20.0. The number of amides is 1. The maximum atomic E-state index is 13.2. The van der Waals surface area contributed by atoms with Gasteiger partial charge in [0.05, 0.1) is 18.2 Å². The van der Waals surface area contributed by atoms with E-state index in [4.69, 9.17) is 4.74 Å². The molecule has 0 aromatic heterocycles. The van der Waals surface area contributed by atoms with Crippen molar-refractivity contribution >= 4 is 33.4 Å². The van der Waals surface area contributed by atoms with Crippen molar-refractivity contribution in [3.05, 3.63) is 69.2 Å². The van der Waals surface area contributed by atoms with Crippen molar-refractivity contribution < 1.29 is 19.4 Å². The van der Waals surface area contributed by atoms with Gasteiger partial charge in [0.25, 0.3) is 11.7 Å². The lowest BCUT2D eigenvalue weighted by molar-refractivity contribution is -0.141. The fourth-order valence-corrected chi connectivity index (χ4v) is 4.90. The fourth-order valence-electron chi connectivity index (χ4n) is 4.65. The quantitative estimate of drug-likeness (QED) is 0.306. The van der Waals surface area contributed by atoms with Gasteiger partial charge in [-0.1, -0.05) is 53.9 Å². The summed E-state index contributed by atoms with van der Waals surface area (Å²) in [5, 5.41) is 11.2. The number of carbonyl (C=O) groups excluding carboxylic acids is 2. The Bertz CT molecular complexity index is 1050. The van der Waals surface area contributed by atoms with Crippen LogP contribution in [0.2, 0.25) is 0 Å². The fraction of sp³-hybridized carbons (Fsp3) is 0.385. The van der Waals surface area contributed by atoms with Crippen molar-refractivity contribution in [2.24, 2.45) is 0 Å². The maximum absolute atomic E-state index is 13.2. The van der Waals surface area contributed by atoms with Crippen LogP contribution in [-0.4, -0.2) is 34.3 Å². The van der Waals surface area contributed by atoms with Gasteiger partial charge in [0.1, 0.15) is 11.5 Å². The lowest BCUT2D eigenvalue weighted by atomic mass is 9.94. The summed E-state index contributed by atoms with van der Waals surface area (Å²) in [5.41, 5.74) is 2.43. The molecule has 1 unspecified atom stereocenters. The van der Waals surface area contributed by atoms with E-state index in [0.29, 0.717) is 12.2 Å². The molecule has 1 amide bonds. The lowest BCUT2D eigenvalue weighted by Crippen LogP contribution is -2.37. The molecule has 5 nitrogen and oxygen atoms in total. The topological polar surface area (TPSA) is 66.8 Å². The van der Waals surface area contributed by atoms with Gasteiger partial charge in [0.15, 0.2) is 0 Å². The molecule has 4 rings (SSSR count). The molecule has 2 fully saturated rings. The van der Waals surface area contributed by atoms with Gasteiger partial charge in [-0.3, -0.25) is 9.59 Å². The van der Waals surface area contributed by atoms with Gasteiger partial charge in [-0.2, -0.15) is 0 Å². The van der Waals surface area contributed by atoms with Gasteiger partial charge in [-0.25, -0.2) is 0 Å². The van der Waals surface area contributed by atoms with E-state index in [0.717, 1.165) is 53.5 Å². The van der Waals surface area contributed by atoms with E-state index in [1.54, 1.807) is 11.0 Å². The Morgan fingerprint density at radius 1 is 1.12 bits per heavy atom. The monoisotopic (exact) mass is 497 g/mol. The molecule has 1 N–H and O–H groups in total. The number of ether oxygens (including phenoxy) is 1. The molecule has 1 atom stereocenters. The summed E-state index contributed by atoms with van der Waals surface area (Å²) in [4.78, 5) is 28.0. The van der Waals surface area contributed by atoms with Crippen LogP contribution in [0.15, 0.2) is 52.5 Å². The first kappa shape index (κ1) is 22.6. The van der Waals surface area contributed by atoms with E-state index in [1.165, 1.54) is 0 Å². The van der Waals surface area contributed by atoms with Gasteiger partial charge in [0, 0.05) is 16.1 Å². The zero-order valence-electron chi connectivity index (χ0n) is 18.4. The van der Waals surface area contributed by atoms with E-state index in [2.05, 4.69) is 15.9 Å². The molecular formula is C26H28BrNO4. The van der Waals surface area contributed by atoms with Crippen LogP contribution in [0.1, 0.15) is 61.8 Å². The molecule has 1 heterocycles. The normalized spacial score (nSPS) is 20.8. The summed E-state index contributed by atoms with van der Waals surface area (Å²) in [7, 11) is 0. The highest BCUT2D eigenvalue weighted by molar-refractivity contribution is 9.10. The molecule has 2 aromatic rings. The number of benzene rings is 2. The average Bonchev–Trinajstić information content (AvgIpc) is 3.41. The van der Waals surface area contributed by atoms with Crippen LogP contribution in [-0.2, 0) is 9.59 Å². The molecule has 168 valence electrons. The minimum absolute atomic E-state index is 0.00409. The predicted molar refractivity (Wildman–Crippen MR) is 128 cm³/mol. The van der Waals surface area contributed by atoms with Gasteiger partial charge in [0.2, 0.25) is 0 Å². The molecule has 2 aliphatic rings. The Kier molecular flexibility index (Phi) is 6.70. The molecule has 0 spiro atoms. The van der Waals surface area contributed by atoms with Crippen LogP contribution >= 0.6 is 15.9 Å². The number of ketones is 1. The van der Waals surface area contributed by atoms with Crippen LogP contribution in [0.3, 0.4) is 0 Å². The first-order valence-corrected chi connectivity index (χ1v) is 12.0. The first-order chi connectivity index (χ1) is 15.4. The third-order valence-corrected chi connectivity index (χ3v) is 7.19. The minimum atomic E-state index is -0.619. The van der Waals surface area contributed by atoms with E-state index in [9.17, 15) is 14.7 Å². The second-order valence-corrected chi connectivity index (χ2v) is 9.38. The maximum Gasteiger partial charge on any atom is 0.295 e. The molecule has 32 heavy (non-hydrogen) atoms. The molecule has 1 saturated heterocycles. The number of carbonyl (C=O) groups is 2. The number of hydrogen-bond acceptors (Lipinski definition) is 4. The van der Waals surface area contributed by atoms with Crippen molar-refractivity contribution in [2.75, 3.05) is 6.61 Å². The summed E-state index contributed by atoms with van der Waals surface area (Å²) in [6, 6.07) is 12.3. The van der Waals surface area contributed by atoms with E-state index in [1.807, 2.05) is 50.2 Å². The number of halogens is 1. The van der Waals surface area contributed by atoms with Crippen LogP contribution in [0.25, 0.3) is 5.76 Å². The Balaban J connectivity index is 1.81. The molecule has 2 aromatic carbocycles. The Hall–Kier alpha value is -2.60. The van der Waals surface area contributed by atoms with Crippen LogP contribution in [0, 0.1) is 6.92 Å². The highest BCUT2D eigenvalue weighted by Crippen LogP contribution is 2.43. The van der Waals surface area contributed by atoms with Crippen molar-refractivity contribution in [1.29, 1.82) is 0 Å². The summed E-state index contributed by atoms with van der Waals surface area (Å²) < 4.78 is 6.61. The van der Waals surface area contributed by atoms with Crippen LogP contribution in [0.5, 0.6) is 5.75 Å². The van der Waals surface area contributed by atoms with Gasteiger partial charge in [-0.15, -0.1) is 0 Å². The Morgan fingerprint density at radius 2 is 1.81 bits per heavy atom. The summed E-state index contributed by atoms with van der Waals surface area (Å²) in [5.74, 6) is -0.525. The highest BCUT2D eigenvalue weighted by Gasteiger charge is 2.49. The van der Waals surface area contributed by atoms with E-state index < -0.39 is 17.7 Å². The second-order valence-electron chi connectivity index (χ2n) is 8.53. The smallest absolute Gasteiger partial charge is 0.295 e. The van der Waals surface area contributed by atoms with Crippen molar-refractivity contribution in [1.82, 2.24) is 4.90 Å². The van der Waals surface area contributed by atoms with Crippen molar-refractivity contribution in [3.63, 3.8) is 0 Å². The number of likely N-dealkylation sites (tertiary alicyclic amines) is 1. The number of aliphatic hydroxyl groups excluding tert-OH is 1. The van der Waals surface area contributed by atoms with Crippen molar-refractivity contribution in [2.45, 2.75) is 58.0 Å². The van der Waals surface area contributed by atoms with Crippen molar-refractivity contribution in [3.8, 4) is 5.75 Å². The molecule has 1 aliphatic heterocycles. The second kappa shape index (κ2) is 9.49. The van der Waals surface area contributed by atoms with Crippen LogP contribution < -0.4 is 4.74 Å². The van der Waals surface area contributed by atoms with Gasteiger partial charge in [-0.05, 0) is 61.6 Å². The molecular weight excluding hydrogens is 470 g/mol. The zero-order chi connectivity index (χ0) is 22.8. The predicted octanol–water partition coefficient (Wildman–Crippen LogP) is 5.91. The third-order valence-electron chi connectivity index (χ3n) is 6.30. The number of nitrogens with zero attached hydrogens (tertiary/aromatic N) is 1. The highest BCUT2D eigenvalue weighted by atomic mass is 79.9. The summed E-state index contributed by atoms with van der Waals surface area (Å²) >= 11 is 3.47. The van der Waals surface area contributed by atoms with Crippen LogP contribution in [0.4, 0.5) is 0 Å². The molecule has 1 saturated carbocycles. The van der Waals surface area contributed by atoms with E-state index >= 15 is 0 Å². The molecule has 1 aliphatic carbocycles. The molecule has 0 bridgehead atoms. The Morgan fingerprint density at radius 3 is 2.44 bits per heavy atom. The number of Topliss-reactive ketones (excluding diaryl/α,β-unsaturated/α-hetero) is 1. The number of aryl methyl sites for hydroxylation is 1. The minimum Gasteiger partial charge on any atom is -0.507 e. The first-order valence-electron chi connectivity index (χ1n) is 11.2. The number of aliphatic hydroxyl groups is 1. The standard InChI is InChI=1S/C26H28BrNO4/c1-3-14-32-20-11-8-17(9-12-20)23-22(24(29)18-10-13-21(27)16(2)15-18)25(30)26(31)28(23)19-6-4-5-7-19/h8-13,15,19,23,29H,3-7,14H2,1-2H3/b24-22-. The van der Waals surface area contributed by atoms with E-state index in [-0.39, 0.29) is 17.4 Å². The SMILES string of the molecule is CCCOc1ccc(C2/C(=C(/O)c3ccc(Br)c(C)c3)C(=O)C(=O)N2C2CCCC2)cc1. The van der Waals surface area contributed by atoms with Gasteiger partial charge < -0.3 is 14.7 Å². The lowest BCUT2D eigenvalue weighted by Gasteiger charge is -2.30. The third kappa shape index (κ3) is 4.20. The largest absolute Gasteiger partial charge is 0.507 e. The average molecular weight is 498 g/mol. The number of hydrogen-bond donors (Lipinski definition) is 1. The molecule has 6 heteroatoms. The number of rotatable bonds is 6. The summed E-state index contributed by atoms with van der Waals surface area (Å²) in [6.45, 7) is 4.60. The van der Waals surface area contributed by atoms with Gasteiger partial charge >= 0.3 is 0 Å². The molecule has 0 radical (unpaired) electrons. The summed E-state index contributed by atoms with van der Waals surface area (Å²) in [6.07, 6.45) is 4.74.